The summed E-state index contributed by atoms with van der Waals surface area (Å²) in [6.07, 6.45) is 7.07. The summed E-state index contributed by atoms with van der Waals surface area (Å²) in [5.74, 6) is 1.70. The van der Waals surface area contributed by atoms with Gasteiger partial charge >= 0.3 is 0 Å². The van der Waals surface area contributed by atoms with E-state index in [1.165, 1.54) is 37.9 Å². The second-order valence-corrected chi connectivity index (χ2v) is 8.30. The first kappa shape index (κ1) is 19.1. The number of nitrogens with zero attached hydrogens (tertiary/aromatic N) is 3. The highest BCUT2D eigenvalue weighted by Gasteiger charge is 2.33. The topological polar surface area (TPSA) is 36.4 Å². The Morgan fingerprint density at radius 3 is 2.43 bits per heavy atom. The first-order valence-electron chi connectivity index (χ1n) is 10.7. The Hall–Kier alpha value is -2.20. The number of hydrogen-bond acceptors (Lipinski definition) is 3. The summed E-state index contributed by atoms with van der Waals surface area (Å²) in [5.41, 5.74) is 2.31. The maximum atomic E-state index is 12.6. The Kier molecular flexibility index (Phi) is 6.38. The summed E-state index contributed by atoms with van der Waals surface area (Å²) in [7, 11) is 0. The van der Waals surface area contributed by atoms with E-state index in [0.29, 0.717) is 12.3 Å². The molecule has 0 N–H and O–H groups in total. The third kappa shape index (κ3) is 4.99. The van der Waals surface area contributed by atoms with Gasteiger partial charge in [-0.05, 0) is 68.3 Å². The highest BCUT2D eigenvalue weighted by atomic mass is 16.2. The van der Waals surface area contributed by atoms with E-state index in [1.807, 2.05) is 18.2 Å². The maximum absolute atomic E-state index is 12.6. The average molecular weight is 378 g/mol. The zero-order chi connectivity index (χ0) is 19.2. The molecular formula is C24H31N3O. The summed E-state index contributed by atoms with van der Waals surface area (Å²) in [6.45, 7) is 5.44. The van der Waals surface area contributed by atoms with Crippen molar-refractivity contribution in [2.24, 2.45) is 11.8 Å². The molecule has 2 fully saturated rings. The zero-order valence-corrected chi connectivity index (χ0v) is 16.7. The molecule has 1 atom stereocenters. The second kappa shape index (κ2) is 9.33. The lowest BCUT2D eigenvalue weighted by Crippen LogP contribution is -2.38. The van der Waals surface area contributed by atoms with Crippen molar-refractivity contribution in [1.82, 2.24) is 14.8 Å². The molecule has 3 heterocycles. The summed E-state index contributed by atoms with van der Waals surface area (Å²) < 4.78 is 0. The molecule has 1 aromatic carbocycles. The Morgan fingerprint density at radius 1 is 0.929 bits per heavy atom. The molecule has 1 amide bonds. The Bertz CT molecular complexity index is 741. The third-order valence-electron chi connectivity index (χ3n) is 6.49. The highest BCUT2D eigenvalue weighted by Crippen LogP contribution is 2.32. The maximum Gasteiger partial charge on any atom is 0.228 e. The van der Waals surface area contributed by atoms with Crippen molar-refractivity contribution in [3.63, 3.8) is 0 Å². The van der Waals surface area contributed by atoms with Gasteiger partial charge in [-0.3, -0.25) is 9.78 Å². The summed E-state index contributed by atoms with van der Waals surface area (Å²) in [5, 5.41) is 0. The lowest BCUT2D eigenvalue weighted by molar-refractivity contribution is -0.129. The summed E-state index contributed by atoms with van der Waals surface area (Å²) in [4.78, 5) is 21.6. The van der Waals surface area contributed by atoms with Crippen LogP contribution >= 0.6 is 0 Å². The molecule has 0 bridgehead atoms. The van der Waals surface area contributed by atoms with Crippen LogP contribution in [0.2, 0.25) is 0 Å². The van der Waals surface area contributed by atoms with Crippen LogP contribution in [0.15, 0.2) is 54.7 Å². The Balaban J connectivity index is 1.20. The molecule has 148 valence electrons. The van der Waals surface area contributed by atoms with Crippen LogP contribution in [-0.4, -0.2) is 53.4 Å². The number of piperidine rings is 1. The van der Waals surface area contributed by atoms with Crippen molar-refractivity contribution in [2.75, 3.05) is 32.7 Å². The number of carbonyl (C=O) groups is 1. The van der Waals surface area contributed by atoms with Crippen molar-refractivity contribution in [2.45, 2.75) is 32.1 Å². The second-order valence-electron chi connectivity index (χ2n) is 8.30. The molecule has 4 nitrogen and oxygen atoms in total. The van der Waals surface area contributed by atoms with Crippen LogP contribution in [0.5, 0.6) is 0 Å². The number of rotatable bonds is 6. The molecule has 2 saturated heterocycles. The van der Waals surface area contributed by atoms with Gasteiger partial charge in [0.15, 0.2) is 0 Å². The van der Waals surface area contributed by atoms with E-state index in [1.54, 1.807) is 6.20 Å². The van der Waals surface area contributed by atoms with E-state index in [4.69, 9.17) is 0 Å². The van der Waals surface area contributed by atoms with Gasteiger partial charge in [-0.2, -0.15) is 0 Å². The molecule has 0 radical (unpaired) electrons. The fourth-order valence-electron chi connectivity index (χ4n) is 4.75. The number of pyridine rings is 1. The van der Waals surface area contributed by atoms with E-state index < -0.39 is 0 Å². The largest absolute Gasteiger partial charge is 0.342 e. The predicted molar refractivity (Wildman–Crippen MR) is 112 cm³/mol. The summed E-state index contributed by atoms with van der Waals surface area (Å²) >= 11 is 0. The lowest BCUT2D eigenvalue weighted by atomic mass is 9.83. The molecule has 2 aromatic rings. The minimum Gasteiger partial charge on any atom is -0.342 e. The Morgan fingerprint density at radius 2 is 1.68 bits per heavy atom. The minimum absolute atomic E-state index is 0.237. The molecule has 28 heavy (non-hydrogen) atoms. The van der Waals surface area contributed by atoms with Crippen LogP contribution < -0.4 is 0 Å². The van der Waals surface area contributed by atoms with Crippen LogP contribution in [0.1, 0.15) is 30.5 Å². The van der Waals surface area contributed by atoms with Gasteiger partial charge in [0, 0.05) is 31.5 Å². The Labute approximate surface area is 168 Å². The minimum atomic E-state index is 0.237. The molecule has 4 heteroatoms. The SMILES string of the molecule is O=C(Cc1ccccn1)N1CCC(C2CCN(CCc3ccccc3)CC2)C1. The van der Waals surface area contributed by atoms with Gasteiger partial charge in [-0.25, -0.2) is 0 Å². The quantitative estimate of drug-likeness (QED) is 0.774. The van der Waals surface area contributed by atoms with Crippen LogP contribution in [0, 0.1) is 11.8 Å². The molecule has 0 aliphatic carbocycles. The van der Waals surface area contributed by atoms with E-state index in [0.717, 1.165) is 37.7 Å². The lowest BCUT2D eigenvalue weighted by Gasteiger charge is -2.34. The normalized spacial score (nSPS) is 21.1. The van der Waals surface area contributed by atoms with Gasteiger partial charge in [0.2, 0.25) is 5.91 Å². The van der Waals surface area contributed by atoms with Crippen LogP contribution in [0.4, 0.5) is 0 Å². The van der Waals surface area contributed by atoms with E-state index in [9.17, 15) is 4.79 Å². The number of hydrogen-bond donors (Lipinski definition) is 0. The van der Waals surface area contributed by atoms with E-state index >= 15 is 0 Å². The number of benzene rings is 1. The number of carbonyl (C=O) groups excluding carboxylic acids is 1. The van der Waals surface area contributed by atoms with Crippen molar-refractivity contribution in [3.8, 4) is 0 Å². The molecule has 0 spiro atoms. The van der Waals surface area contributed by atoms with Crippen LogP contribution in [0.25, 0.3) is 0 Å². The molecule has 1 aromatic heterocycles. The smallest absolute Gasteiger partial charge is 0.228 e. The first-order valence-corrected chi connectivity index (χ1v) is 10.7. The average Bonchev–Trinajstić information content (AvgIpc) is 3.25. The highest BCUT2D eigenvalue weighted by molar-refractivity contribution is 5.78. The number of aromatic nitrogens is 1. The molecule has 0 saturated carbocycles. The van der Waals surface area contributed by atoms with Gasteiger partial charge in [0.05, 0.1) is 6.42 Å². The fraction of sp³-hybridized carbons (Fsp3) is 0.500. The van der Waals surface area contributed by atoms with E-state index in [2.05, 4.69) is 45.1 Å². The van der Waals surface area contributed by atoms with Crippen molar-refractivity contribution < 1.29 is 4.79 Å². The zero-order valence-electron chi connectivity index (χ0n) is 16.7. The van der Waals surface area contributed by atoms with Gasteiger partial charge in [-0.15, -0.1) is 0 Å². The van der Waals surface area contributed by atoms with Gasteiger partial charge < -0.3 is 9.80 Å². The molecule has 2 aliphatic rings. The molecule has 1 unspecified atom stereocenters. The molecular weight excluding hydrogens is 346 g/mol. The van der Waals surface area contributed by atoms with Gasteiger partial charge in [0.1, 0.15) is 0 Å². The van der Waals surface area contributed by atoms with Crippen molar-refractivity contribution >= 4 is 5.91 Å². The standard InChI is InChI=1S/C24H31N3O/c28-24(18-23-8-4-5-13-25-23)27-17-12-22(19-27)21-10-15-26(16-11-21)14-9-20-6-2-1-3-7-20/h1-8,13,21-22H,9-12,14-19H2. The molecule has 2 aliphatic heterocycles. The van der Waals surface area contributed by atoms with Crippen molar-refractivity contribution in [3.05, 3.63) is 66.0 Å². The fourth-order valence-corrected chi connectivity index (χ4v) is 4.75. The van der Waals surface area contributed by atoms with Crippen molar-refractivity contribution in [1.29, 1.82) is 0 Å². The van der Waals surface area contributed by atoms with Gasteiger partial charge in [-0.1, -0.05) is 36.4 Å². The third-order valence-corrected chi connectivity index (χ3v) is 6.49. The monoisotopic (exact) mass is 377 g/mol. The van der Waals surface area contributed by atoms with Crippen LogP contribution in [0.3, 0.4) is 0 Å². The number of amides is 1. The van der Waals surface area contributed by atoms with Gasteiger partial charge in [0.25, 0.3) is 0 Å². The molecule has 4 rings (SSSR count). The number of likely N-dealkylation sites (tertiary alicyclic amines) is 2. The van der Waals surface area contributed by atoms with E-state index in [-0.39, 0.29) is 5.91 Å². The van der Waals surface area contributed by atoms with Crippen LogP contribution in [-0.2, 0) is 17.6 Å². The predicted octanol–water partition coefficient (Wildman–Crippen LogP) is 3.43. The summed E-state index contributed by atoms with van der Waals surface area (Å²) in [6, 6.07) is 16.6. The first-order chi connectivity index (χ1) is 13.8.